The quantitative estimate of drug-likeness (QED) is 0.798. The summed E-state index contributed by atoms with van der Waals surface area (Å²) in [7, 11) is 0. The van der Waals surface area contributed by atoms with Gasteiger partial charge in [-0.25, -0.2) is 0 Å². The molecule has 112 valence electrons. The van der Waals surface area contributed by atoms with Crippen molar-refractivity contribution >= 4 is 11.6 Å². The molecule has 0 aromatic heterocycles. The van der Waals surface area contributed by atoms with E-state index >= 15 is 0 Å². The molecule has 0 amide bonds. The van der Waals surface area contributed by atoms with E-state index in [9.17, 15) is 0 Å². The van der Waals surface area contributed by atoms with E-state index in [0.717, 1.165) is 23.6 Å². The van der Waals surface area contributed by atoms with Crippen molar-refractivity contribution in [3.05, 3.63) is 69.2 Å². The number of hydrogen-bond acceptors (Lipinski definition) is 1. The lowest BCUT2D eigenvalue weighted by molar-refractivity contribution is 0.622. The molecule has 0 fully saturated rings. The molecule has 0 aliphatic rings. The minimum atomic E-state index is 0.224. The number of benzene rings is 2. The summed E-state index contributed by atoms with van der Waals surface area (Å²) in [6.45, 7) is 9.50. The number of nitrogens with one attached hydrogen (secondary N) is 1. The van der Waals surface area contributed by atoms with Gasteiger partial charge in [-0.15, -0.1) is 0 Å². The number of rotatable bonds is 5. The van der Waals surface area contributed by atoms with Crippen molar-refractivity contribution in [2.24, 2.45) is 0 Å². The summed E-state index contributed by atoms with van der Waals surface area (Å²) in [5.41, 5.74) is 6.46. The molecule has 0 spiro atoms. The average molecular weight is 302 g/mol. The number of aryl methyl sites for hydroxylation is 3. The van der Waals surface area contributed by atoms with E-state index in [1.165, 1.54) is 22.3 Å². The van der Waals surface area contributed by atoms with E-state index in [2.05, 4.69) is 69.4 Å². The highest BCUT2D eigenvalue weighted by atomic mass is 35.5. The fourth-order valence-electron chi connectivity index (χ4n) is 2.84. The molecule has 1 nitrogen and oxygen atoms in total. The highest BCUT2D eigenvalue weighted by molar-refractivity contribution is 6.31. The Bertz CT molecular complexity index is 619. The fraction of sp³-hybridized carbons (Fsp3) is 0.368. The Hall–Kier alpha value is -1.31. The third-order valence-electron chi connectivity index (χ3n) is 4.01. The Balaban J connectivity index is 2.56. The van der Waals surface area contributed by atoms with Gasteiger partial charge in [-0.3, -0.25) is 0 Å². The Morgan fingerprint density at radius 2 is 1.71 bits per heavy atom. The van der Waals surface area contributed by atoms with Gasteiger partial charge in [0, 0.05) is 5.02 Å². The maximum atomic E-state index is 6.25. The zero-order valence-electron chi connectivity index (χ0n) is 13.3. The summed E-state index contributed by atoms with van der Waals surface area (Å²) in [5.74, 6) is 0. The highest BCUT2D eigenvalue weighted by Gasteiger charge is 2.18. The van der Waals surface area contributed by atoms with E-state index in [1.807, 2.05) is 0 Å². The van der Waals surface area contributed by atoms with E-state index in [1.54, 1.807) is 0 Å². The first-order valence-corrected chi connectivity index (χ1v) is 8.04. The lowest BCUT2D eigenvalue weighted by atomic mass is 9.90. The SMILES string of the molecule is CCNC(c1cc(C)c(Cl)cc1C)c1ccccc1CC. The molecule has 1 unspecified atom stereocenters. The standard InChI is InChI=1S/C19H24ClN/c1-5-15-9-7-8-10-16(15)19(21-6-2)17-11-14(4)18(20)12-13(17)3/h7-12,19,21H,5-6H2,1-4H3. The molecule has 2 aromatic rings. The Labute approximate surface area is 133 Å². The summed E-state index contributed by atoms with van der Waals surface area (Å²) in [6, 6.07) is 13.2. The molecule has 0 aliphatic carbocycles. The molecule has 2 aromatic carbocycles. The van der Waals surface area contributed by atoms with Gasteiger partial charge in [0.25, 0.3) is 0 Å². The van der Waals surface area contributed by atoms with Crippen molar-refractivity contribution in [3.63, 3.8) is 0 Å². The van der Waals surface area contributed by atoms with Gasteiger partial charge in [0.2, 0.25) is 0 Å². The summed E-state index contributed by atoms with van der Waals surface area (Å²) < 4.78 is 0. The molecule has 1 N–H and O–H groups in total. The minimum absolute atomic E-state index is 0.224. The number of hydrogen-bond donors (Lipinski definition) is 1. The summed E-state index contributed by atoms with van der Waals surface area (Å²) in [4.78, 5) is 0. The fourth-order valence-corrected chi connectivity index (χ4v) is 3.06. The van der Waals surface area contributed by atoms with Crippen LogP contribution < -0.4 is 5.32 Å². The molecule has 0 aliphatic heterocycles. The molecular weight excluding hydrogens is 278 g/mol. The maximum Gasteiger partial charge on any atom is 0.0582 e. The molecule has 1 atom stereocenters. The smallest absolute Gasteiger partial charge is 0.0582 e. The molecule has 0 saturated carbocycles. The van der Waals surface area contributed by atoms with Gasteiger partial charge in [0.05, 0.1) is 6.04 Å². The minimum Gasteiger partial charge on any atom is -0.307 e. The van der Waals surface area contributed by atoms with Crippen LogP contribution in [0.1, 0.15) is 47.7 Å². The summed E-state index contributed by atoms with van der Waals surface area (Å²) in [6.07, 6.45) is 1.05. The highest BCUT2D eigenvalue weighted by Crippen LogP contribution is 2.31. The van der Waals surface area contributed by atoms with E-state index in [0.29, 0.717) is 0 Å². The first-order valence-electron chi connectivity index (χ1n) is 7.66. The Morgan fingerprint density at radius 1 is 1.00 bits per heavy atom. The topological polar surface area (TPSA) is 12.0 Å². The monoisotopic (exact) mass is 301 g/mol. The van der Waals surface area contributed by atoms with Gasteiger partial charge in [0.15, 0.2) is 0 Å². The molecule has 21 heavy (non-hydrogen) atoms. The van der Waals surface area contributed by atoms with Crippen molar-refractivity contribution in [1.29, 1.82) is 0 Å². The second-order valence-electron chi connectivity index (χ2n) is 5.50. The van der Waals surface area contributed by atoms with Crippen molar-refractivity contribution in [2.45, 2.75) is 40.2 Å². The second kappa shape index (κ2) is 7.11. The van der Waals surface area contributed by atoms with Crippen LogP contribution >= 0.6 is 11.6 Å². The van der Waals surface area contributed by atoms with E-state index in [4.69, 9.17) is 11.6 Å². The van der Waals surface area contributed by atoms with Gasteiger partial charge in [-0.1, -0.05) is 55.8 Å². The largest absolute Gasteiger partial charge is 0.307 e. The average Bonchev–Trinajstić information content (AvgIpc) is 2.49. The summed E-state index contributed by atoms with van der Waals surface area (Å²) in [5, 5.41) is 4.48. The molecule has 2 rings (SSSR count). The van der Waals surface area contributed by atoms with Crippen molar-refractivity contribution < 1.29 is 0 Å². The van der Waals surface area contributed by atoms with Crippen LogP contribution in [0.2, 0.25) is 5.02 Å². The molecule has 0 heterocycles. The van der Waals surface area contributed by atoms with Gasteiger partial charge in [-0.2, -0.15) is 0 Å². The first-order chi connectivity index (χ1) is 10.1. The van der Waals surface area contributed by atoms with E-state index in [-0.39, 0.29) is 6.04 Å². The Morgan fingerprint density at radius 3 is 2.38 bits per heavy atom. The van der Waals surface area contributed by atoms with Crippen LogP contribution in [0.4, 0.5) is 0 Å². The lowest BCUT2D eigenvalue weighted by Crippen LogP contribution is -2.24. The van der Waals surface area contributed by atoms with Crippen LogP contribution in [0.25, 0.3) is 0 Å². The predicted octanol–water partition coefficient (Wildman–Crippen LogP) is 5.22. The second-order valence-corrected chi connectivity index (χ2v) is 5.91. The Kier molecular flexibility index (Phi) is 5.44. The third kappa shape index (κ3) is 3.48. The molecule has 0 saturated heterocycles. The zero-order valence-corrected chi connectivity index (χ0v) is 14.1. The van der Waals surface area contributed by atoms with Crippen LogP contribution in [-0.2, 0) is 6.42 Å². The van der Waals surface area contributed by atoms with E-state index < -0.39 is 0 Å². The first kappa shape index (κ1) is 16.1. The lowest BCUT2D eigenvalue weighted by Gasteiger charge is -2.24. The van der Waals surface area contributed by atoms with Crippen LogP contribution in [-0.4, -0.2) is 6.54 Å². The predicted molar refractivity (Wildman–Crippen MR) is 92.3 cm³/mol. The van der Waals surface area contributed by atoms with Crippen molar-refractivity contribution in [3.8, 4) is 0 Å². The van der Waals surface area contributed by atoms with Crippen LogP contribution in [0, 0.1) is 13.8 Å². The number of halogens is 1. The molecule has 0 radical (unpaired) electrons. The van der Waals surface area contributed by atoms with Crippen molar-refractivity contribution in [2.75, 3.05) is 6.54 Å². The van der Waals surface area contributed by atoms with Gasteiger partial charge >= 0.3 is 0 Å². The molecule has 2 heteroatoms. The molecular formula is C19H24ClN. The van der Waals surface area contributed by atoms with Gasteiger partial charge in [0.1, 0.15) is 0 Å². The van der Waals surface area contributed by atoms with Crippen LogP contribution in [0.3, 0.4) is 0 Å². The zero-order chi connectivity index (χ0) is 15.4. The van der Waals surface area contributed by atoms with Gasteiger partial charge in [-0.05, 0) is 60.7 Å². The third-order valence-corrected chi connectivity index (χ3v) is 4.42. The van der Waals surface area contributed by atoms with Crippen LogP contribution in [0.15, 0.2) is 36.4 Å². The maximum absolute atomic E-state index is 6.25. The van der Waals surface area contributed by atoms with Crippen LogP contribution in [0.5, 0.6) is 0 Å². The molecule has 0 bridgehead atoms. The van der Waals surface area contributed by atoms with Crippen molar-refractivity contribution in [1.82, 2.24) is 5.32 Å². The summed E-state index contributed by atoms with van der Waals surface area (Å²) >= 11 is 6.25. The van der Waals surface area contributed by atoms with Gasteiger partial charge < -0.3 is 5.32 Å². The normalized spacial score (nSPS) is 12.4.